The predicted octanol–water partition coefficient (Wildman–Crippen LogP) is 3.09. The Bertz CT molecular complexity index is 733. The van der Waals surface area contributed by atoms with Crippen LogP contribution in [0.1, 0.15) is 20.7 Å². The number of aromatic carboxylic acids is 1. The van der Waals surface area contributed by atoms with Crippen molar-refractivity contribution in [2.75, 3.05) is 5.32 Å². The number of phenols is 1. The van der Waals surface area contributed by atoms with E-state index in [0.717, 1.165) is 18.2 Å². The Kier molecular flexibility index (Phi) is 4.41. The van der Waals surface area contributed by atoms with E-state index in [1.807, 2.05) is 22.6 Å². The number of rotatable bonds is 3. The molecule has 0 aromatic heterocycles. The summed E-state index contributed by atoms with van der Waals surface area (Å²) >= 11 is 1.90. The van der Waals surface area contributed by atoms with E-state index in [2.05, 4.69) is 5.32 Å². The number of carbonyl (C=O) groups is 2. The second kappa shape index (κ2) is 6.08. The van der Waals surface area contributed by atoms with Crippen molar-refractivity contribution in [2.45, 2.75) is 0 Å². The number of nitrogens with one attached hydrogen (secondary N) is 1. The van der Waals surface area contributed by atoms with E-state index in [1.54, 1.807) is 0 Å². The SMILES string of the molecule is O=C(Nc1cc(F)ccc1C(=O)O)c1ccc(I)c(O)c1. The first-order valence-corrected chi connectivity index (χ1v) is 6.79. The van der Waals surface area contributed by atoms with Gasteiger partial charge in [0, 0.05) is 5.56 Å². The van der Waals surface area contributed by atoms with Gasteiger partial charge in [-0.3, -0.25) is 4.79 Å². The van der Waals surface area contributed by atoms with Gasteiger partial charge in [-0.15, -0.1) is 0 Å². The minimum Gasteiger partial charge on any atom is -0.507 e. The van der Waals surface area contributed by atoms with E-state index in [9.17, 15) is 19.1 Å². The molecule has 0 heterocycles. The maximum atomic E-state index is 13.2. The van der Waals surface area contributed by atoms with Crippen LogP contribution in [0.2, 0.25) is 0 Å². The monoisotopic (exact) mass is 401 g/mol. The number of hydrogen-bond donors (Lipinski definition) is 3. The molecule has 2 aromatic rings. The average Bonchev–Trinajstić information content (AvgIpc) is 2.41. The average molecular weight is 401 g/mol. The third-order valence-electron chi connectivity index (χ3n) is 2.67. The number of carboxylic acids is 1. The minimum atomic E-state index is -1.28. The number of anilines is 1. The number of benzene rings is 2. The fourth-order valence-corrected chi connectivity index (χ4v) is 1.99. The van der Waals surface area contributed by atoms with E-state index in [4.69, 9.17) is 5.11 Å². The molecule has 0 bridgehead atoms. The zero-order valence-corrected chi connectivity index (χ0v) is 12.6. The molecule has 0 aliphatic carbocycles. The molecule has 0 atom stereocenters. The maximum absolute atomic E-state index is 13.2. The summed E-state index contributed by atoms with van der Waals surface area (Å²) in [5, 5.41) is 20.9. The Morgan fingerprint density at radius 1 is 1.14 bits per heavy atom. The molecule has 0 saturated carbocycles. The van der Waals surface area contributed by atoms with Gasteiger partial charge in [0.15, 0.2) is 0 Å². The number of halogens is 2. The lowest BCUT2D eigenvalue weighted by molar-refractivity contribution is 0.0698. The van der Waals surface area contributed by atoms with Crippen molar-refractivity contribution in [3.8, 4) is 5.75 Å². The number of hydrogen-bond acceptors (Lipinski definition) is 3. The van der Waals surface area contributed by atoms with Gasteiger partial charge in [0.2, 0.25) is 0 Å². The molecule has 2 aromatic carbocycles. The molecular formula is C14H9FINO4. The van der Waals surface area contributed by atoms with E-state index in [-0.39, 0.29) is 22.6 Å². The molecule has 0 unspecified atom stereocenters. The summed E-state index contributed by atoms with van der Waals surface area (Å²) in [5.74, 6) is -2.66. The Labute approximate surface area is 132 Å². The molecule has 0 spiro atoms. The smallest absolute Gasteiger partial charge is 0.337 e. The van der Waals surface area contributed by atoms with Crippen LogP contribution in [0.4, 0.5) is 10.1 Å². The lowest BCUT2D eigenvalue weighted by Gasteiger charge is -2.09. The first kappa shape index (κ1) is 15.2. The van der Waals surface area contributed by atoms with E-state index in [0.29, 0.717) is 3.57 Å². The van der Waals surface area contributed by atoms with Crippen LogP contribution in [-0.2, 0) is 0 Å². The molecule has 0 aliphatic heterocycles. The minimum absolute atomic E-state index is 0.0686. The van der Waals surface area contributed by atoms with Crippen molar-refractivity contribution in [3.05, 3.63) is 56.9 Å². The highest BCUT2D eigenvalue weighted by molar-refractivity contribution is 14.1. The van der Waals surface area contributed by atoms with Crippen molar-refractivity contribution in [3.63, 3.8) is 0 Å². The molecule has 0 saturated heterocycles. The van der Waals surface area contributed by atoms with Crippen LogP contribution in [0.15, 0.2) is 36.4 Å². The highest BCUT2D eigenvalue weighted by Gasteiger charge is 2.15. The van der Waals surface area contributed by atoms with Gasteiger partial charge in [-0.25, -0.2) is 9.18 Å². The first-order chi connectivity index (χ1) is 9.88. The summed E-state index contributed by atoms with van der Waals surface area (Å²) < 4.78 is 13.8. The van der Waals surface area contributed by atoms with E-state index < -0.39 is 17.7 Å². The van der Waals surface area contributed by atoms with Crippen LogP contribution < -0.4 is 5.32 Å². The molecule has 0 radical (unpaired) electrons. The van der Waals surface area contributed by atoms with Crippen LogP contribution in [0, 0.1) is 9.39 Å². The third kappa shape index (κ3) is 3.48. The van der Waals surface area contributed by atoms with Crippen molar-refractivity contribution in [1.82, 2.24) is 0 Å². The van der Waals surface area contributed by atoms with Gasteiger partial charge in [-0.1, -0.05) is 0 Å². The number of aromatic hydroxyl groups is 1. The zero-order valence-electron chi connectivity index (χ0n) is 10.4. The molecule has 108 valence electrons. The summed E-state index contributed by atoms with van der Waals surface area (Å²) in [6.07, 6.45) is 0. The summed E-state index contributed by atoms with van der Waals surface area (Å²) in [4.78, 5) is 23.1. The molecule has 0 fully saturated rings. The van der Waals surface area contributed by atoms with Gasteiger partial charge in [0.05, 0.1) is 14.8 Å². The largest absolute Gasteiger partial charge is 0.507 e. The van der Waals surface area contributed by atoms with Gasteiger partial charge in [-0.05, 0) is 59.0 Å². The van der Waals surface area contributed by atoms with Gasteiger partial charge in [-0.2, -0.15) is 0 Å². The molecule has 5 nitrogen and oxygen atoms in total. The molecule has 2 rings (SSSR count). The van der Waals surface area contributed by atoms with Crippen LogP contribution in [0.3, 0.4) is 0 Å². The lowest BCUT2D eigenvalue weighted by Crippen LogP contribution is -2.15. The first-order valence-electron chi connectivity index (χ1n) is 5.71. The second-order valence-electron chi connectivity index (χ2n) is 4.12. The van der Waals surface area contributed by atoms with Crippen molar-refractivity contribution >= 4 is 40.2 Å². The van der Waals surface area contributed by atoms with Gasteiger partial charge >= 0.3 is 5.97 Å². The van der Waals surface area contributed by atoms with E-state index >= 15 is 0 Å². The molecular weight excluding hydrogens is 392 g/mol. The third-order valence-corrected chi connectivity index (χ3v) is 3.58. The molecule has 7 heteroatoms. The van der Waals surface area contributed by atoms with E-state index in [1.165, 1.54) is 18.2 Å². The lowest BCUT2D eigenvalue weighted by atomic mass is 10.1. The zero-order chi connectivity index (χ0) is 15.6. The molecule has 0 aliphatic rings. The second-order valence-corrected chi connectivity index (χ2v) is 5.28. The normalized spacial score (nSPS) is 10.2. The number of carboxylic acid groups (broad SMARTS) is 1. The fourth-order valence-electron chi connectivity index (χ4n) is 1.65. The summed E-state index contributed by atoms with van der Waals surface area (Å²) in [5.41, 5.74) is -0.237. The van der Waals surface area contributed by atoms with Crippen molar-refractivity contribution in [1.29, 1.82) is 0 Å². The van der Waals surface area contributed by atoms with Crippen LogP contribution in [0.25, 0.3) is 0 Å². The molecule has 21 heavy (non-hydrogen) atoms. The standard InChI is InChI=1S/C14H9FINO4/c15-8-2-3-9(14(20)21)11(6-8)17-13(19)7-1-4-10(16)12(18)5-7/h1-6,18H,(H,17,19)(H,20,21). The summed E-state index contributed by atoms with van der Waals surface area (Å²) in [6, 6.07) is 7.24. The quantitative estimate of drug-likeness (QED) is 0.691. The topological polar surface area (TPSA) is 86.6 Å². The maximum Gasteiger partial charge on any atom is 0.337 e. The molecule has 1 amide bonds. The highest BCUT2D eigenvalue weighted by atomic mass is 127. The van der Waals surface area contributed by atoms with Crippen LogP contribution in [-0.4, -0.2) is 22.1 Å². The van der Waals surface area contributed by atoms with Gasteiger partial charge in [0.25, 0.3) is 5.91 Å². The fraction of sp³-hybridized carbons (Fsp3) is 0. The van der Waals surface area contributed by atoms with Gasteiger partial charge in [0.1, 0.15) is 11.6 Å². The molecule has 3 N–H and O–H groups in total. The summed E-state index contributed by atoms with van der Waals surface area (Å²) in [7, 11) is 0. The Hall–Kier alpha value is -2.16. The Morgan fingerprint density at radius 2 is 1.86 bits per heavy atom. The van der Waals surface area contributed by atoms with Crippen molar-refractivity contribution < 1.29 is 24.2 Å². The number of amides is 1. The van der Waals surface area contributed by atoms with Gasteiger partial charge < -0.3 is 15.5 Å². The highest BCUT2D eigenvalue weighted by Crippen LogP contribution is 2.22. The van der Waals surface area contributed by atoms with Crippen LogP contribution >= 0.6 is 22.6 Å². The Morgan fingerprint density at radius 3 is 2.48 bits per heavy atom. The predicted molar refractivity (Wildman–Crippen MR) is 82.1 cm³/mol. The number of carbonyl (C=O) groups excluding carboxylic acids is 1. The summed E-state index contributed by atoms with van der Waals surface area (Å²) in [6.45, 7) is 0. The van der Waals surface area contributed by atoms with Crippen LogP contribution in [0.5, 0.6) is 5.75 Å². The Balaban J connectivity index is 2.33. The van der Waals surface area contributed by atoms with Crippen molar-refractivity contribution in [2.24, 2.45) is 0 Å². The number of phenolic OH excluding ortho intramolecular Hbond substituents is 1.